The highest BCUT2D eigenvalue weighted by Gasteiger charge is 2.19. The molecule has 0 bridgehead atoms. The highest BCUT2D eigenvalue weighted by Crippen LogP contribution is 2.41. The van der Waals surface area contributed by atoms with E-state index in [-0.39, 0.29) is 12.7 Å². The van der Waals surface area contributed by atoms with E-state index < -0.39 is 0 Å². The average molecular weight is 453 g/mol. The molecule has 7 nitrogen and oxygen atoms in total. The molecule has 0 unspecified atom stereocenters. The third kappa shape index (κ3) is 4.11. The van der Waals surface area contributed by atoms with Crippen LogP contribution < -0.4 is 19.6 Å². The van der Waals surface area contributed by atoms with Crippen molar-refractivity contribution >= 4 is 12.1 Å². The molecular weight excluding hydrogens is 430 g/mol. The number of fused-ring (bicyclic) bond motifs is 1. The molecule has 1 aliphatic heterocycles. The minimum absolute atomic E-state index is 0.147. The van der Waals surface area contributed by atoms with Gasteiger partial charge in [-0.2, -0.15) is 5.10 Å². The summed E-state index contributed by atoms with van der Waals surface area (Å²) in [6.45, 7) is 2.21. The van der Waals surface area contributed by atoms with E-state index in [4.69, 9.17) is 14.2 Å². The lowest BCUT2D eigenvalue weighted by atomic mass is 10.1. The van der Waals surface area contributed by atoms with Crippen molar-refractivity contribution in [2.75, 3.05) is 13.9 Å². The maximum atomic E-state index is 12.6. The van der Waals surface area contributed by atoms with Crippen LogP contribution in [0.15, 0.2) is 84.0 Å². The Balaban J connectivity index is 1.31. The number of nitrogens with zero attached hydrogens (tertiary/aromatic N) is 2. The van der Waals surface area contributed by atoms with E-state index in [1.54, 1.807) is 31.4 Å². The summed E-state index contributed by atoms with van der Waals surface area (Å²) in [4.78, 5) is 12.6. The Hall–Kier alpha value is -4.52. The molecule has 0 spiro atoms. The maximum absolute atomic E-state index is 12.6. The van der Waals surface area contributed by atoms with Gasteiger partial charge >= 0.3 is 0 Å². The number of hydrazone groups is 1. The first-order chi connectivity index (χ1) is 16.6. The quantitative estimate of drug-likeness (QED) is 0.331. The Labute approximate surface area is 197 Å². The van der Waals surface area contributed by atoms with Gasteiger partial charge in [-0.15, -0.1) is 0 Å². The molecule has 1 N–H and O–H groups in total. The van der Waals surface area contributed by atoms with Gasteiger partial charge in [-0.05, 0) is 61.0 Å². The van der Waals surface area contributed by atoms with Crippen molar-refractivity contribution in [1.29, 1.82) is 0 Å². The molecule has 4 aromatic rings. The number of amides is 1. The molecule has 7 heteroatoms. The van der Waals surface area contributed by atoms with E-state index in [0.717, 1.165) is 22.6 Å². The molecule has 1 amide bonds. The van der Waals surface area contributed by atoms with Gasteiger partial charge in [-0.1, -0.05) is 30.3 Å². The number of carbonyl (C=O) groups is 1. The highest BCUT2D eigenvalue weighted by atomic mass is 16.7. The number of rotatable bonds is 6. The molecule has 0 saturated carbocycles. The normalized spacial score (nSPS) is 12.2. The van der Waals surface area contributed by atoms with E-state index in [0.29, 0.717) is 28.4 Å². The van der Waals surface area contributed by atoms with Crippen molar-refractivity contribution in [3.05, 3.63) is 95.7 Å². The SMILES string of the molecule is COc1cc(/C=N/NC(=O)c2ccc(-n3c(C)ccc3-c3ccccc3)cc2)cc2c1OCO2. The van der Waals surface area contributed by atoms with Gasteiger partial charge in [-0.25, -0.2) is 5.43 Å². The smallest absolute Gasteiger partial charge is 0.271 e. The third-order valence-corrected chi connectivity index (χ3v) is 5.59. The number of aromatic nitrogens is 1. The molecule has 0 radical (unpaired) electrons. The molecule has 5 rings (SSSR count). The number of nitrogens with one attached hydrogen (secondary N) is 1. The zero-order valence-electron chi connectivity index (χ0n) is 18.8. The standard InChI is InChI=1S/C27H23N3O4/c1-18-8-13-23(20-6-4-3-5-7-20)30(18)22-11-9-21(10-12-22)27(31)29-28-16-19-14-24(32-2)26-25(15-19)33-17-34-26/h3-16H,17H2,1-2H3,(H,29,31)/b28-16+. The summed E-state index contributed by atoms with van der Waals surface area (Å²) in [5, 5.41) is 4.08. The number of ether oxygens (including phenoxy) is 3. The van der Waals surface area contributed by atoms with Crippen LogP contribution in [0.4, 0.5) is 0 Å². The average Bonchev–Trinajstić information content (AvgIpc) is 3.50. The first-order valence-corrected chi connectivity index (χ1v) is 10.8. The first-order valence-electron chi connectivity index (χ1n) is 10.8. The van der Waals surface area contributed by atoms with Crippen LogP contribution in [-0.4, -0.2) is 30.6 Å². The van der Waals surface area contributed by atoms with Gasteiger partial charge in [0.25, 0.3) is 5.91 Å². The van der Waals surface area contributed by atoms with Gasteiger partial charge in [0.05, 0.1) is 19.0 Å². The van der Waals surface area contributed by atoms with Gasteiger partial charge in [-0.3, -0.25) is 4.79 Å². The summed E-state index contributed by atoms with van der Waals surface area (Å²) in [6, 6.07) is 25.4. The van der Waals surface area contributed by atoms with Crippen LogP contribution in [0.5, 0.6) is 17.2 Å². The maximum Gasteiger partial charge on any atom is 0.271 e. The topological polar surface area (TPSA) is 74.1 Å². The highest BCUT2D eigenvalue weighted by molar-refractivity contribution is 5.95. The van der Waals surface area contributed by atoms with E-state index in [9.17, 15) is 4.79 Å². The zero-order valence-corrected chi connectivity index (χ0v) is 18.8. The predicted molar refractivity (Wildman–Crippen MR) is 130 cm³/mol. The van der Waals surface area contributed by atoms with Gasteiger partial charge in [0, 0.05) is 22.5 Å². The van der Waals surface area contributed by atoms with E-state index in [1.165, 1.54) is 6.21 Å². The number of methoxy groups -OCH3 is 1. The molecule has 1 aromatic heterocycles. The first kappa shape index (κ1) is 21.3. The molecular formula is C27H23N3O4. The largest absolute Gasteiger partial charge is 0.493 e. The second-order valence-electron chi connectivity index (χ2n) is 7.76. The molecule has 170 valence electrons. The van der Waals surface area contributed by atoms with Crippen LogP contribution in [0.2, 0.25) is 0 Å². The fourth-order valence-corrected chi connectivity index (χ4v) is 3.93. The summed E-state index contributed by atoms with van der Waals surface area (Å²) in [5.41, 5.74) is 8.11. The summed E-state index contributed by atoms with van der Waals surface area (Å²) in [5.74, 6) is 1.39. The molecule has 0 saturated heterocycles. The van der Waals surface area contributed by atoms with Crippen molar-refractivity contribution < 1.29 is 19.0 Å². The van der Waals surface area contributed by atoms with Gasteiger partial charge in [0.2, 0.25) is 12.5 Å². The summed E-state index contributed by atoms with van der Waals surface area (Å²) >= 11 is 0. The van der Waals surface area contributed by atoms with Crippen molar-refractivity contribution in [1.82, 2.24) is 9.99 Å². The second-order valence-corrected chi connectivity index (χ2v) is 7.76. The number of hydrogen-bond donors (Lipinski definition) is 1. The van der Waals surface area contributed by atoms with Crippen LogP contribution in [0.1, 0.15) is 21.6 Å². The molecule has 0 aliphatic carbocycles. The van der Waals surface area contributed by atoms with Crippen LogP contribution in [0, 0.1) is 6.92 Å². The molecule has 0 atom stereocenters. The number of hydrogen-bond acceptors (Lipinski definition) is 5. The Morgan fingerprint density at radius 1 is 1.03 bits per heavy atom. The summed E-state index contributed by atoms with van der Waals surface area (Å²) in [7, 11) is 1.56. The minimum atomic E-state index is -0.303. The Morgan fingerprint density at radius 3 is 2.59 bits per heavy atom. The lowest BCUT2D eigenvalue weighted by Crippen LogP contribution is -2.17. The lowest BCUT2D eigenvalue weighted by molar-refractivity contribution is 0.0955. The number of benzene rings is 3. The molecule has 0 fully saturated rings. The molecule has 3 aromatic carbocycles. The van der Waals surface area contributed by atoms with Crippen molar-refractivity contribution in [2.45, 2.75) is 6.92 Å². The molecule has 34 heavy (non-hydrogen) atoms. The lowest BCUT2D eigenvalue weighted by Gasteiger charge is -2.12. The number of carbonyl (C=O) groups excluding carboxylic acids is 1. The van der Waals surface area contributed by atoms with E-state index in [1.807, 2.05) is 30.3 Å². The zero-order chi connectivity index (χ0) is 23.5. The van der Waals surface area contributed by atoms with E-state index >= 15 is 0 Å². The second kappa shape index (κ2) is 9.15. The van der Waals surface area contributed by atoms with Gasteiger partial charge in [0.15, 0.2) is 11.5 Å². The van der Waals surface area contributed by atoms with Crippen molar-refractivity contribution in [2.24, 2.45) is 5.10 Å². The Bertz CT molecular complexity index is 1360. The van der Waals surface area contributed by atoms with Crippen LogP contribution in [0.25, 0.3) is 16.9 Å². The summed E-state index contributed by atoms with van der Waals surface area (Å²) < 4.78 is 18.3. The third-order valence-electron chi connectivity index (χ3n) is 5.59. The van der Waals surface area contributed by atoms with Crippen molar-refractivity contribution in [3.8, 4) is 34.2 Å². The molecule has 2 heterocycles. The van der Waals surface area contributed by atoms with Gasteiger partial charge < -0.3 is 18.8 Å². The molecule has 1 aliphatic rings. The predicted octanol–water partition coefficient (Wildman–Crippen LogP) is 4.95. The van der Waals surface area contributed by atoms with Crippen LogP contribution in [-0.2, 0) is 0 Å². The van der Waals surface area contributed by atoms with Crippen LogP contribution in [0.3, 0.4) is 0 Å². The fraction of sp³-hybridized carbons (Fsp3) is 0.111. The van der Waals surface area contributed by atoms with E-state index in [2.05, 4.69) is 46.3 Å². The van der Waals surface area contributed by atoms with Crippen molar-refractivity contribution in [3.63, 3.8) is 0 Å². The van der Waals surface area contributed by atoms with Gasteiger partial charge in [0.1, 0.15) is 0 Å². The Morgan fingerprint density at radius 2 is 1.82 bits per heavy atom. The Kier molecular flexibility index (Phi) is 5.74. The van der Waals surface area contributed by atoms with Crippen LogP contribution >= 0.6 is 0 Å². The number of aryl methyl sites for hydroxylation is 1. The minimum Gasteiger partial charge on any atom is -0.493 e. The fourth-order valence-electron chi connectivity index (χ4n) is 3.93. The summed E-state index contributed by atoms with van der Waals surface area (Å²) in [6.07, 6.45) is 1.53. The monoisotopic (exact) mass is 453 g/mol.